The highest BCUT2D eigenvalue weighted by molar-refractivity contribution is 6.04. The third-order valence-electron chi connectivity index (χ3n) is 4.71. The maximum absolute atomic E-state index is 14.5. The average molecular weight is 450 g/mol. The molecule has 1 aromatic heterocycles. The molecule has 0 radical (unpaired) electrons. The lowest BCUT2D eigenvalue weighted by Crippen LogP contribution is -2.13. The number of methoxy groups -OCH3 is 1. The largest absolute Gasteiger partial charge is 0.460 e. The number of carbonyl (C=O) groups is 1. The second kappa shape index (κ2) is 10.0. The Morgan fingerprint density at radius 3 is 2.33 bits per heavy atom. The van der Waals surface area contributed by atoms with Crippen molar-refractivity contribution in [1.82, 2.24) is 14.8 Å². The molecular weight excluding hydrogens is 430 g/mol. The number of carbonyl (C=O) groups excluding carboxylic acids is 1. The van der Waals surface area contributed by atoms with Crippen LogP contribution in [0.25, 0.3) is 17.1 Å². The Labute approximate surface area is 188 Å². The maximum Gasteiger partial charge on any atom is 0.336 e. The quantitative estimate of drug-likeness (QED) is 0.400. The molecule has 7 nitrogen and oxygen atoms in total. The van der Waals surface area contributed by atoms with E-state index in [1.165, 1.54) is 28.9 Å². The summed E-state index contributed by atoms with van der Waals surface area (Å²) in [5, 5.41) is 6.99. The van der Waals surface area contributed by atoms with E-state index in [1.807, 2.05) is 0 Å². The highest BCUT2D eigenvalue weighted by atomic mass is 19.1. The number of benzene rings is 3. The molecule has 0 unspecified atom stereocenters. The number of nitrogens with zero attached hydrogens (tertiary/aromatic N) is 3. The molecule has 1 heterocycles. The van der Waals surface area contributed by atoms with Gasteiger partial charge in [0.25, 0.3) is 5.91 Å². The molecule has 3 aromatic carbocycles. The van der Waals surface area contributed by atoms with Gasteiger partial charge in [0.15, 0.2) is 5.82 Å². The molecular formula is C24H20F2N4O3. The van der Waals surface area contributed by atoms with Crippen molar-refractivity contribution in [2.45, 2.75) is 0 Å². The molecule has 0 atom stereocenters. The van der Waals surface area contributed by atoms with E-state index in [4.69, 9.17) is 9.47 Å². The lowest BCUT2D eigenvalue weighted by molar-refractivity contribution is 0.102. The number of hydrogen-bond acceptors (Lipinski definition) is 5. The minimum Gasteiger partial charge on any atom is -0.460 e. The molecule has 168 valence electrons. The first-order valence-corrected chi connectivity index (χ1v) is 10.1. The molecule has 1 N–H and O–H groups in total. The molecule has 0 saturated heterocycles. The number of rotatable bonds is 8. The van der Waals surface area contributed by atoms with Crippen LogP contribution in [0, 0.1) is 11.6 Å². The van der Waals surface area contributed by atoms with Gasteiger partial charge < -0.3 is 14.8 Å². The number of anilines is 1. The van der Waals surface area contributed by atoms with E-state index in [2.05, 4.69) is 15.4 Å². The molecule has 9 heteroatoms. The number of amides is 1. The maximum atomic E-state index is 14.5. The van der Waals surface area contributed by atoms with E-state index < -0.39 is 17.5 Å². The van der Waals surface area contributed by atoms with Crippen LogP contribution in [-0.2, 0) is 4.74 Å². The van der Waals surface area contributed by atoms with E-state index in [0.717, 1.165) is 0 Å². The van der Waals surface area contributed by atoms with Gasteiger partial charge in [0.05, 0.1) is 23.4 Å². The summed E-state index contributed by atoms with van der Waals surface area (Å²) in [5.74, 6) is -1.38. The zero-order valence-electron chi connectivity index (χ0n) is 17.7. The van der Waals surface area contributed by atoms with Gasteiger partial charge >= 0.3 is 6.01 Å². The zero-order valence-corrected chi connectivity index (χ0v) is 17.7. The molecule has 33 heavy (non-hydrogen) atoms. The predicted octanol–water partition coefficient (Wildman–Crippen LogP) is 4.49. The summed E-state index contributed by atoms with van der Waals surface area (Å²) in [6.45, 7) is 0.582. The molecule has 0 bridgehead atoms. The lowest BCUT2D eigenvalue weighted by Gasteiger charge is -2.09. The summed E-state index contributed by atoms with van der Waals surface area (Å²) in [4.78, 5) is 16.7. The van der Waals surface area contributed by atoms with Gasteiger partial charge in [-0.25, -0.2) is 13.5 Å². The third-order valence-corrected chi connectivity index (χ3v) is 4.71. The van der Waals surface area contributed by atoms with Gasteiger partial charge in [-0.3, -0.25) is 4.79 Å². The Morgan fingerprint density at radius 2 is 1.64 bits per heavy atom. The molecule has 4 rings (SSSR count). The van der Waals surface area contributed by atoms with Crippen LogP contribution in [0.4, 0.5) is 14.5 Å². The van der Waals surface area contributed by atoms with Crippen molar-refractivity contribution in [3.8, 4) is 23.1 Å². The summed E-state index contributed by atoms with van der Waals surface area (Å²) in [7, 11) is 1.55. The second-order valence-electron chi connectivity index (χ2n) is 6.93. The van der Waals surface area contributed by atoms with Crippen LogP contribution in [0.15, 0.2) is 72.8 Å². The van der Waals surface area contributed by atoms with Gasteiger partial charge in [-0.05, 0) is 48.5 Å². The minimum absolute atomic E-state index is 0.0578. The monoisotopic (exact) mass is 450 g/mol. The number of aromatic nitrogens is 3. The Kier molecular flexibility index (Phi) is 6.70. The summed E-state index contributed by atoms with van der Waals surface area (Å²) < 4.78 is 40.2. The van der Waals surface area contributed by atoms with Crippen molar-refractivity contribution < 1.29 is 23.0 Å². The molecule has 1 amide bonds. The van der Waals surface area contributed by atoms with Crippen LogP contribution < -0.4 is 10.1 Å². The van der Waals surface area contributed by atoms with Crippen LogP contribution >= 0.6 is 0 Å². The highest BCUT2D eigenvalue weighted by Gasteiger charge is 2.18. The summed E-state index contributed by atoms with van der Waals surface area (Å²) in [6, 6.07) is 18.6. The van der Waals surface area contributed by atoms with Crippen LogP contribution in [-0.4, -0.2) is 41.0 Å². The van der Waals surface area contributed by atoms with Gasteiger partial charge in [0.2, 0.25) is 0 Å². The first kappa shape index (κ1) is 22.1. The summed E-state index contributed by atoms with van der Waals surface area (Å²) >= 11 is 0. The fourth-order valence-corrected chi connectivity index (χ4v) is 3.10. The molecule has 0 aliphatic rings. The zero-order chi connectivity index (χ0) is 23.2. The number of halogens is 2. The average Bonchev–Trinajstić information content (AvgIpc) is 3.24. The minimum atomic E-state index is -0.607. The lowest BCUT2D eigenvalue weighted by atomic mass is 10.2. The van der Waals surface area contributed by atoms with E-state index >= 15 is 0 Å². The third kappa shape index (κ3) is 5.04. The molecule has 0 spiro atoms. The van der Waals surface area contributed by atoms with Gasteiger partial charge in [-0.15, -0.1) is 5.10 Å². The molecule has 0 saturated carbocycles. The fourth-order valence-electron chi connectivity index (χ4n) is 3.10. The van der Waals surface area contributed by atoms with E-state index in [9.17, 15) is 13.6 Å². The Balaban J connectivity index is 1.62. The summed E-state index contributed by atoms with van der Waals surface area (Å²) in [5.41, 5.74) is 1.21. The van der Waals surface area contributed by atoms with Crippen molar-refractivity contribution in [1.29, 1.82) is 0 Å². The van der Waals surface area contributed by atoms with Crippen molar-refractivity contribution in [3.63, 3.8) is 0 Å². The Hall–Kier alpha value is -4.11. The number of nitrogens with one attached hydrogen (secondary N) is 1. The van der Waals surface area contributed by atoms with E-state index in [0.29, 0.717) is 18.0 Å². The van der Waals surface area contributed by atoms with Gasteiger partial charge in [-0.2, -0.15) is 4.98 Å². The fraction of sp³-hybridized carbons (Fsp3) is 0.125. The van der Waals surface area contributed by atoms with Crippen LogP contribution in [0.1, 0.15) is 10.4 Å². The van der Waals surface area contributed by atoms with Gasteiger partial charge in [-0.1, -0.05) is 24.3 Å². The van der Waals surface area contributed by atoms with Crippen molar-refractivity contribution in [2.24, 2.45) is 0 Å². The van der Waals surface area contributed by atoms with Crippen LogP contribution in [0.3, 0.4) is 0 Å². The molecule has 4 aromatic rings. The van der Waals surface area contributed by atoms with Crippen molar-refractivity contribution in [2.75, 3.05) is 25.6 Å². The smallest absolute Gasteiger partial charge is 0.336 e. The van der Waals surface area contributed by atoms with Gasteiger partial charge in [0, 0.05) is 12.8 Å². The standard InChI is InChI=1S/C24H20F2N4O3/c1-32-14-15-33-24-28-22(18-6-2-4-8-20(18)25)30(29-24)17-12-10-16(11-13-17)27-23(31)19-7-3-5-9-21(19)26/h2-13H,14-15H2,1H3,(H,27,31). The normalized spacial score (nSPS) is 10.8. The van der Waals surface area contributed by atoms with E-state index in [1.54, 1.807) is 55.6 Å². The van der Waals surface area contributed by atoms with Crippen LogP contribution in [0.5, 0.6) is 6.01 Å². The SMILES string of the molecule is COCCOc1nc(-c2ccccc2F)n(-c2ccc(NC(=O)c3ccccc3F)cc2)n1. The number of ether oxygens (including phenoxy) is 2. The highest BCUT2D eigenvalue weighted by Crippen LogP contribution is 2.26. The van der Waals surface area contributed by atoms with Crippen molar-refractivity contribution in [3.05, 3.63) is 90.0 Å². The molecule has 0 aliphatic heterocycles. The number of hydrogen-bond donors (Lipinski definition) is 1. The first-order chi connectivity index (χ1) is 16.1. The molecule has 0 fully saturated rings. The van der Waals surface area contributed by atoms with Crippen molar-refractivity contribution >= 4 is 11.6 Å². The van der Waals surface area contributed by atoms with Gasteiger partial charge in [0.1, 0.15) is 18.2 Å². The Morgan fingerprint density at radius 1 is 0.939 bits per heavy atom. The van der Waals surface area contributed by atoms with Crippen LogP contribution in [0.2, 0.25) is 0 Å². The molecule has 0 aliphatic carbocycles. The second-order valence-corrected chi connectivity index (χ2v) is 6.93. The predicted molar refractivity (Wildman–Crippen MR) is 118 cm³/mol. The van der Waals surface area contributed by atoms with E-state index in [-0.39, 0.29) is 29.6 Å². The first-order valence-electron chi connectivity index (χ1n) is 10.1. The Bertz CT molecular complexity index is 1260. The topological polar surface area (TPSA) is 78.3 Å². The summed E-state index contributed by atoms with van der Waals surface area (Å²) in [6.07, 6.45) is 0.